The topological polar surface area (TPSA) is 55.6 Å². The van der Waals surface area contributed by atoms with Gasteiger partial charge in [0.1, 0.15) is 0 Å². The van der Waals surface area contributed by atoms with Crippen molar-refractivity contribution in [3.05, 3.63) is 11.6 Å². The molecule has 1 heterocycles. The van der Waals surface area contributed by atoms with Crippen LogP contribution in [0.25, 0.3) is 0 Å². The fourth-order valence-electron chi connectivity index (χ4n) is 1.58. The number of amides is 1. The molecule has 1 atom stereocenters. The molecule has 2 N–H and O–H groups in total. The Balaban J connectivity index is 2.41. The van der Waals surface area contributed by atoms with E-state index in [0.717, 1.165) is 19.5 Å². The van der Waals surface area contributed by atoms with Crippen LogP contribution in [0.1, 0.15) is 19.8 Å². The lowest BCUT2D eigenvalue weighted by molar-refractivity contribution is -0.133. The standard InChI is InChI=1S/C11H20N2O2/c1-9-3-5-13(6-4-9)11(14)7-10(8-12)15-2/h3,10H,4-8,12H2,1-2H3. The Morgan fingerprint density at radius 2 is 2.47 bits per heavy atom. The Bertz CT molecular complexity index is 247. The number of methoxy groups -OCH3 is 1. The van der Waals surface area contributed by atoms with Crippen LogP contribution in [0.15, 0.2) is 11.6 Å². The lowest BCUT2D eigenvalue weighted by Crippen LogP contribution is -2.38. The number of carbonyl (C=O) groups excluding carboxylic acids is 1. The summed E-state index contributed by atoms with van der Waals surface area (Å²) in [4.78, 5) is 13.6. The monoisotopic (exact) mass is 212 g/mol. The van der Waals surface area contributed by atoms with Crippen molar-refractivity contribution in [1.29, 1.82) is 0 Å². The molecule has 0 aromatic heterocycles. The predicted molar refractivity (Wildman–Crippen MR) is 59.4 cm³/mol. The van der Waals surface area contributed by atoms with Gasteiger partial charge in [-0.15, -0.1) is 0 Å². The van der Waals surface area contributed by atoms with Crippen LogP contribution >= 0.6 is 0 Å². The number of carbonyl (C=O) groups is 1. The molecule has 0 aromatic rings. The molecule has 1 amide bonds. The van der Waals surface area contributed by atoms with Gasteiger partial charge in [0.15, 0.2) is 0 Å². The predicted octanol–water partition coefficient (Wildman–Crippen LogP) is 0.529. The van der Waals surface area contributed by atoms with Crippen molar-refractivity contribution >= 4 is 5.91 Å². The van der Waals surface area contributed by atoms with Crippen molar-refractivity contribution in [2.24, 2.45) is 5.73 Å². The van der Waals surface area contributed by atoms with Crippen LogP contribution in [-0.2, 0) is 9.53 Å². The minimum absolute atomic E-state index is 0.135. The lowest BCUT2D eigenvalue weighted by Gasteiger charge is -2.26. The summed E-state index contributed by atoms with van der Waals surface area (Å²) in [6.07, 6.45) is 3.32. The molecule has 1 unspecified atom stereocenters. The Morgan fingerprint density at radius 3 is 2.93 bits per heavy atom. The van der Waals surface area contributed by atoms with Crippen molar-refractivity contribution < 1.29 is 9.53 Å². The van der Waals surface area contributed by atoms with Gasteiger partial charge < -0.3 is 15.4 Å². The minimum atomic E-state index is -0.149. The molecular weight excluding hydrogens is 192 g/mol. The molecule has 1 aliphatic rings. The zero-order chi connectivity index (χ0) is 11.3. The van der Waals surface area contributed by atoms with Gasteiger partial charge in [-0.25, -0.2) is 0 Å². The zero-order valence-electron chi connectivity index (χ0n) is 9.53. The van der Waals surface area contributed by atoms with Crippen molar-refractivity contribution in [3.8, 4) is 0 Å². The first-order chi connectivity index (χ1) is 7.17. The zero-order valence-corrected chi connectivity index (χ0v) is 9.53. The highest BCUT2D eigenvalue weighted by Gasteiger charge is 2.19. The third kappa shape index (κ3) is 3.64. The molecule has 4 nitrogen and oxygen atoms in total. The molecular formula is C11H20N2O2. The van der Waals surface area contributed by atoms with Gasteiger partial charge in [-0.2, -0.15) is 0 Å². The number of rotatable bonds is 4. The van der Waals surface area contributed by atoms with Gasteiger partial charge in [0.05, 0.1) is 12.5 Å². The summed E-state index contributed by atoms with van der Waals surface area (Å²) in [5.74, 6) is 0.135. The summed E-state index contributed by atoms with van der Waals surface area (Å²) >= 11 is 0. The van der Waals surface area contributed by atoms with E-state index < -0.39 is 0 Å². The van der Waals surface area contributed by atoms with Gasteiger partial charge >= 0.3 is 0 Å². The Kier molecular flexibility index (Phi) is 4.78. The van der Waals surface area contributed by atoms with Crippen LogP contribution < -0.4 is 5.73 Å². The van der Waals surface area contributed by atoms with Gasteiger partial charge in [-0.1, -0.05) is 11.6 Å². The Labute approximate surface area is 91.1 Å². The van der Waals surface area contributed by atoms with Crippen LogP contribution in [0.5, 0.6) is 0 Å². The smallest absolute Gasteiger partial charge is 0.225 e. The first kappa shape index (κ1) is 12.2. The Hall–Kier alpha value is -0.870. The first-order valence-corrected chi connectivity index (χ1v) is 5.33. The summed E-state index contributed by atoms with van der Waals surface area (Å²) in [5, 5.41) is 0. The molecule has 0 spiro atoms. The summed E-state index contributed by atoms with van der Waals surface area (Å²) in [6.45, 7) is 4.04. The lowest BCUT2D eigenvalue weighted by atomic mass is 10.1. The molecule has 15 heavy (non-hydrogen) atoms. The van der Waals surface area contributed by atoms with E-state index in [9.17, 15) is 4.79 Å². The summed E-state index contributed by atoms with van der Waals surface area (Å²) in [7, 11) is 1.59. The maximum Gasteiger partial charge on any atom is 0.225 e. The molecule has 4 heteroatoms. The van der Waals surface area contributed by atoms with E-state index in [1.54, 1.807) is 7.11 Å². The second kappa shape index (κ2) is 5.88. The quantitative estimate of drug-likeness (QED) is 0.692. The van der Waals surface area contributed by atoms with E-state index in [1.807, 2.05) is 4.90 Å². The largest absolute Gasteiger partial charge is 0.380 e. The van der Waals surface area contributed by atoms with Gasteiger partial charge in [-0.05, 0) is 13.3 Å². The van der Waals surface area contributed by atoms with Crippen LogP contribution in [-0.4, -0.2) is 43.7 Å². The average Bonchev–Trinajstić information content (AvgIpc) is 2.26. The average molecular weight is 212 g/mol. The van der Waals surface area contributed by atoms with E-state index >= 15 is 0 Å². The van der Waals surface area contributed by atoms with Crippen molar-refractivity contribution in [2.75, 3.05) is 26.7 Å². The highest BCUT2D eigenvalue weighted by molar-refractivity contribution is 5.77. The van der Waals surface area contributed by atoms with Crippen LogP contribution in [0, 0.1) is 0 Å². The molecule has 0 saturated heterocycles. The van der Waals surface area contributed by atoms with Crippen LogP contribution in [0.2, 0.25) is 0 Å². The maximum absolute atomic E-state index is 11.8. The number of hydrogen-bond acceptors (Lipinski definition) is 3. The van der Waals surface area contributed by atoms with Crippen molar-refractivity contribution in [1.82, 2.24) is 4.90 Å². The third-order valence-electron chi connectivity index (χ3n) is 2.79. The van der Waals surface area contributed by atoms with E-state index in [-0.39, 0.29) is 12.0 Å². The van der Waals surface area contributed by atoms with E-state index in [2.05, 4.69) is 13.0 Å². The molecule has 0 aliphatic carbocycles. The normalized spacial score (nSPS) is 18.6. The van der Waals surface area contributed by atoms with Crippen LogP contribution in [0.3, 0.4) is 0 Å². The Morgan fingerprint density at radius 1 is 1.73 bits per heavy atom. The highest BCUT2D eigenvalue weighted by atomic mass is 16.5. The van der Waals surface area contributed by atoms with E-state index in [4.69, 9.17) is 10.5 Å². The molecule has 0 bridgehead atoms. The summed E-state index contributed by atoms with van der Waals surface area (Å²) in [5.41, 5.74) is 6.84. The number of ether oxygens (including phenoxy) is 1. The molecule has 1 aliphatic heterocycles. The molecule has 86 valence electrons. The summed E-state index contributed by atoms with van der Waals surface area (Å²) in [6, 6.07) is 0. The number of nitrogens with two attached hydrogens (primary N) is 1. The molecule has 0 saturated carbocycles. The third-order valence-corrected chi connectivity index (χ3v) is 2.79. The van der Waals surface area contributed by atoms with E-state index in [1.165, 1.54) is 5.57 Å². The fraction of sp³-hybridized carbons (Fsp3) is 0.727. The van der Waals surface area contributed by atoms with Crippen LogP contribution in [0.4, 0.5) is 0 Å². The van der Waals surface area contributed by atoms with Gasteiger partial charge in [0, 0.05) is 26.7 Å². The van der Waals surface area contributed by atoms with Gasteiger partial charge in [0.2, 0.25) is 5.91 Å². The fourth-order valence-corrected chi connectivity index (χ4v) is 1.58. The second-order valence-corrected chi connectivity index (χ2v) is 3.94. The second-order valence-electron chi connectivity index (χ2n) is 3.94. The molecule has 0 aromatic carbocycles. The molecule has 1 rings (SSSR count). The SMILES string of the molecule is COC(CN)CC(=O)N1CC=C(C)CC1. The number of nitrogens with zero attached hydrogens (tertiary/aromatic N) is 1. The highest BCUT2D eigenvalue weighted by Crippen LogP contribution is 2.11. The minimum Gasteiger partial charge on any atom is -0.380 e. The maximum atomic E-state index is 11.8. The summed E-state index contributed by atoms with van der Waals surface area (Å²) < 4.78 is 5.09. The molecule has 0 fully saturated rings. The number of hydrogen-bond donors (Lipinski definition) is 1. The van der Waals surface area contributed by atoms with Gasteiger partial charge in [0.25, 0.3) is 0 Å². The van der Waals surface area contributed by atoms with E-state index in [0.29, 0.717) is 13.0 Å². The molecule has 0 radical (unpaired) electrons. The first-order valence-electron chi connectivity index (χ1n) is 5.33. The van der Waals surface area contributed by atoms with Gasteiger partial charge in [-0.3, -0.25) is 4.79 Å². The van der Waals surface area contributed by atoms with Crippen molar-refractivity contribution in [3.63, 3.8) is 0 Å². The van der Waals surface area contributed by atoms with Crippen molar-refractivity contribution in [2.45, 2.75) is 25.9 Å².